The van der Waals surface area contributed by atoms with E-state index in [1.165, 1.54) is 0 Å². The lowest BCUT2D eigenvalue weighted by Gasteiger charge is -2.14. The Balaban J connectivity index is 2.16. The third kappa shape index (κ3) is 2.13. The summed E-state index contributed by atoms with van der Waals surface area (Å²) in [6, 6.07) is 1.48. The Kier molecular flexibility index (Phi) is 3.18. The van der Waals surface area contributed by atoms with Crippen LogP contribution < -0.4 is 5.32 Å². The summed E-state index contributed by atoms with van der Waals surface area (Å²) < 4.78 is 6.68. The van der Waals surface area contributed by atoms with Gasteiger partial charge in [-0.3, -0.25) is 9.48 Å². The number of hydrogen-bond donors (Lipinski definition) is 1. The van der Waals surface area contributed by atoms with E-state index >= 15 is 0 Å². The maximum absolute atomic E-state index is 12.1. The lowest BCUT2D eigenvalue weighted by Crippen LogP contribution is -2.25. The fraction of sp³-hybridized carbons (Fsp3) is 0.417. The lowest BCUT2D eigenvalue weighted by atomic mass is 10.2. The van der Waals surface area contributed by atoms with Crippen LogP contribution in [0.5, 0.6) is 0 Å². The largest absolute Gasteiger partial charge is 0.359 e. The molecule has 96 valence electrons. The van der Waals surface area contributed by atoms with Crippen LogP contribution in [0.4, 0.5) is 5.69 Å². The lowest BCUT2D eigenvalue weighted by molar-refractivity contribution is -0.119. The molecular weight excluding hydrogens is 232 g/mol. The zero-order valence-corrected chi connectivity index (χ0v) is 10.9. The summed E-state index contributed by atoms with van der Waals surface area (Å²) >= 11 is 0. The van der Waals surface area contributed by atoms with Crippen molar-refractivity contribution in [1.82, 2.24) is 14.9 Å². The van der Waals surface area contributed by atoms with Crippen molar-refractivity contribution < 1.29 is 9.32 Å². The van der Waals surface area contributed by atoms with Crippen molar-refractivity contribution in [3.63, 3.8) is 0 Å². The van der Waals surface area contributed by atoms with Gasteiger partial charge in [0.1, 0.15) is 17.4 Å². The maximum Gasteiger partial charge on any atom is 0.249 e. The summed E-state index contributed by atoms with van der Waals surface area (Å²) in [4.78, 5) is 12.1. The molecule has 0 fully saturated rings. The second kappa shape index (κ2) is 4.64. The van der Waals surface area contributed by atoms with Crippen LogP contribution in [0, 0.1) is 20.8 Å². The smallest absolute Gasteiger partial charge is 0.249 e. The monoisotopic (exact) mass is 248 g/mol. The van der Waals surface area contributed by atoms with E-state index in [0.717, 1.165) is 5.69 Å². The van der Waals surface area contributed by atoms with Crippen molar-refractivity contribution in [2.45, 2.75) is 33.7 Å². The Bertz CT molecular complexity index is 551. The molecule has 1 unspecified atom stereocenters. The first-order valence-corrected chi connectivity index (χ1v) is 5.74. The van der Waals surface area contributed by atoms with Gasteiger partial charge in [-0.05, 0) is 33.8 Å². The third-order valence-corrected chi connectivity index (χ3v) is 2.90. The Hall–Kier alpha value is -2.11. The minimum Gasteiger partial charge on any atom is -0.359 e. The zero-order valence-electron chi connectivity index (χ0n) is 10.9. The molecule has 1 amide bonds. The van der Waals surface area contributed by atoms with Gasteiger partial charge in [-0.25, -0.2) is 0 Å². The molecule has 0 saturated carbocycles. The number of aromatic nitrogens is 3. The molecule has 18 heavy (non-hydrogen) atoms. The molecule has 0 spiro atoms. The van der Waals surface area contributed by atoms with Crippen LogP contribution in [-0.4, -0.2) is 20.8 Å². The van der Waals surface area contributed by atoms with Gasteiger partial charge in [-0.1, -0.05) is 5.16 Å². The van der Waals surface area contributed by atoms with Gasteiger partial charge in [0.15, 0.2) is 5.76 Å². The maximum atomic E-state index is 12.1. The summed E-state index contributed by atoms with van der Waals surface area (Å²) in [6.45, 7) is 7.26. The van der Waals surface area contributed by atoms with Crippen molar-refractivity contribution in [2.24, 2.45) is 0 Å². The van der Waals surface area contributed by atoms with Gasteiger partial charge >= 0.3 is 0 Å². The molecule has 0 aliphatic rings. The molecule has 2 rings (SSSR count). The van der Waals surface area contributed by atoms with Crippen molar-refractivity contribution >= 4 is 11.6 Å². The number of aryl methyl sites for hydroxylation is 3. The number of hydrogen-bond acceptors (Lipinski definition) is 4. The van der Waals surface area contributed by atoms with Crippen LogP contribution in [0.2, 0.25) is 0 Å². The normalized spacial score (nSPS) is 12.4. The highest BCUT2D eigenvalue weighted by Crippen LogP contribution is 2.20. The molecule has 0 bridgehead atoms. The molecule has 1 N–H and O–H groups in total. The van der Waals surface area contributed by atoms with E-state index in [1.807, 2.05) is 13.0 Å². The molecule has 0 saturated heterocycles. The number of anilines is 1. The van der Waals surface area contributed by atoms with E-state index in [1.54, 1.807) is 31.6 Å². The van der Waals surface area contributed by atoms with Crippen LogP contribution in [0.25, 0.3) is 0 Å². The molecule has 1 atom stereocenters. The third-order valence-electron chi connectivity index (χ3n) is 2.90. The van der Waals surface area contributed by atoms with Crippen LogP contribution in [0.15, 0.2) is 16.8 Å². The molecule has 0 aliphatic carbocycles. The van der Waals surface area contributed by atoms with E-state index < -0.39 is 0 Å². The van der Waals surface area contributed by atoms with Gasteiger partial charge in [0.2, 0.25) is 5.91 Å². The average Bonchev–Trinajstić information content (AvgIpc) is 2.88. The average molecular weight is 248 g/mol. The number of carbonyl (C=O) groups excluding carboxylic acids is 1. The molecule has 0 aromatic carbocycles. The molecular formula is C12H16N4O2. The summed E-state index contributed by atoms with van der Waals surface area (Å²) in [7, 11) is 0. The fourth-order valence-electron chi connectivity index (χ4n) is 1.79. The molecule has 6 nitrogen and oxygen atoms in total. The molecule has 0 radical (unpaired) electrons. The summed E-state index contributed by atoms with van der Waals surface area (Å²) in [6.07, 6.45) is 1.68. The first kappa shape index (κ1) is 12.3. The second-order valence-corrected chi connectivity index (χ2v) is 4.28. The van der Waals surface area contributed by atoms with Crippen molar-refractivity contribution in [1.29, 1.82) is 0 Å². The van der Waals surface area contributed by atoms with E-state index in [-0.39, 0.29) is 11.9 Å². The van der Waals surface area contributed by atoms with Gasteiger partial charge in [-0.15, -0.1) is 0 Å². The first-order valence-electron chi connectivity index (χ1n) is 5.74. The molecule has 2 heterocycles. The number of carbonyl (C=O) groups is 1. The van der Waals surface area contributed by atoms with E-state index in [2.05, 4.69) is 15.6 Å². The van der Waals surface area contributed by atoms with Gasteiger partial charge in [0.25, 0.3) is 0 Å². The Morgan fingerprint density at radius 2 is 2.17 bits per heavy atom. The SMILES string of the molecule is Cc1noc(C)c1NC(=O)C(C)n1nccc1C. The van der Waals surface area contributed by atoms with Gasteiger partial charge < -0.3 is 9.84 Å². The van der Waals surface area contributed by atoms with Crippen molar-refractivity contribution in [2.75, 3.05) is 5.32 Å². The first-order chi connectivity index (χ1) is 8.50. The zero-order chi connectivity index (χ0) is 13.3. The fourth-order valence-corrected chi connectivity index (χ4v) is 1.79. The van der Waals surface area contributed by atoms with Crippen LogP contribution in [0.1, 0.15) is 30.1 Å². The van der Waals surface area contributed by atoms with Crippen LogP contribution in [-0.2, 0) is 4.79 Å². The predicted molar refractivity (Wildman–Crippen MR) is 66.3 cm³/mol. The van der Waals surface area contributed by atoms with E-state index in [9.17, 15) is 4.79 Å². The van der Waals surface area contributed by atoms with Crippen LogP contribution in [0.3, 0.4) is 0 Å². The van der Waals surface area contributed by atoms with E-state index in [4.69, 9.17) is 4.52 Å². The highest BCUT2D eigenvalue weighted by molar-refractivity contribution is 5.94. The second-order valence-electron chi connectivity index (χ2n) is 4.28. The minimum atomic E-state index is -0.381. The number of nitrogens with one attached hydrogen (secondary N) is 1. The summed E-state index contributed by atoms with van der Waals surface area (Å²) in [5.74, 6) is 0.460. The topological polar surface area (TPSA) is 73.0 Å². The number of nitrogens with zero attached hydrogens (tertiary/aromatic N) is 3. The quantitative estimate of drug-likeness (QED) is 0.901. The van der Waals surface area contributed by atoms with Crippen molar-refractivity contribution in [3.05, 3.63) is 29.4 Å². The Morgan fingerprint density at radius 3 is 2.67 bits per heavy atom. The molecule has 0 aliphatic heterocycles. The van der Waals surface area contributed by atoms with Gasteiger partial charge in [0.05, 0.1) is 0 Å². The number of rotatable bonds is 3. The Labute approximate surface area is 105 Å². The number of amides is 1. The van der Waals surface area contributed by atoms with Crippen LogP contribution >= 0.6 is 0 Å². The molecule has 2 aromatic rings. The standard InChI is InChI=1S/C12H16N4O2/c1-7-5-6-13-16(7)9(3)12(17)14-11-8(2)15-18-10(11)4/h5-6,9H,1-4H3,(H,14,17). The predicted octanol–water partition coefficient (Wildman–Crippen LogP) is 2.00. The van der Waals surface area contributed by atoms with Gasteiger partial charge in [0, 0.05) is 11.9 Å². The van der Waals surface area contributed by atoms with Gasteiger partial charge in [-0.2, -0.15) is 5.10 Å². The minimum absolute atomic E-state index is 0.142. The summed E-state index contributed by atoms with van der Waals surface area (Å²) in [5.41, 5.74) is 2.25. The highest BCUT2D eigenvalue weighted by Gasteiger charge is 2.20. The highest BCUT2D eigenvalue weighted by atomic mass is 16.5. The van der Waals surface area contributed by atoms with E-state index in [0.29, 0.717) is 17.1 Å². The summed E-state index contributed by atoms with van der Waals surface area (Å²) in [5, 5.41) is 10.7. The van der Waals surface area contributed by atoms with Crippen molar-refractivity contribution in [3.8, 4) is 0 Å². The Morgan fingerprint density at radius 1 is 1.44 bits per heavy atom. The molecule has 2 aromatic heterocycles. The molecule has 6 heteroatoms.